The zero-order chi connectivity index (χ0) is 9.30. The number of rotatable bonds is 1. The third kappa shape index (κ3) is 1.73. The smallest absolute Gasteiger partial charge is 0.0226 e. The van der Waals surface area contributed by atoms with E-state index in [-0.39, 0.29) is 0 Å². The zero-order valence-electron chi connectivity index (χ0n) is 9.15. The van der Waals surface area contributed by atoms with Gasteiger partial charge in [-0.25, -0.2) is 0 Å². The maximum atomic E-state index is 2.38. The molecular weight excluding hydrogens is 144 g/mol. The summed E-state index contributed by atoms with van der Waals surface area (Å²) in [6.07, 6.45) is 2.79. The SMILES string of the molecule is CC1=C(C(C)C)C(C)CCC1C. The maximum absolute atomic E-state index is 2.38. The molecule has 0 radical (unpaired) electrons. The minimum atomic E-state index is 0.753. The molecular formula is C12H22. The lowest BCUT2D eigenvalue weighted by atomic mass is 9.75. The first-order valence-electron chi connectivity index (χ1n) is 5.24. The van der Waals surface area contributed by atoms with E-state index in [0.29, 0.717) is 0 Å². The van der Waals surface area contributed by atoms with Crippen molar-refractivity contribution in [3.8, 4) is 0 Å². The van der Waals surface area contributed by atoms with Crippen LogP contribution in [0.2, 0.25) is 0 Å². The maximum Gasteiger partial charge on any atom is -0.0226 e. The van der Waals surface area contributed by atoms with Gasteiger partial charge in [0.1, 0.15) is 0 Å². The highest BCUT2D eigenvalue weighted by atomic mass is 14.3. The van der Waals surface area contributed by atoms with Gasteiger partial charge < -0.3 is 0 Å². The Morgan fingerprint density at radius 3 is 2.00 bits per heavy atom. The van der Waals surface area contributed by atoms with Crippen LogP contribution in [-0.4, -0.2) is 0 Å². The van der Waals surface area contributed by atoms with Crippen molar-refractivity contribution in [1.82, 2.24) is 0 Å². The summed E-state index contributed by atoms with van der Waals surface area (Å²) in [5.74, 6) is 2.42. The van der Waals surface area contributed by atoms with Crippen molar-refractivity contribution in [2.45, 2.75) is 47.5 Å². The third-order valence-electron chi connectivity index (χ3n) is 3.38. The van der Waals surface area contributed by atoms with Crippen LogP contribution in [0.25, 0.3) is 0 Å². The summed E-state index contributed by atoms with van der Waals surface area (Å²) in [6, 6.07) is 0. The molecule has 0 spiro atoms. The molecule has 0 N–H and O–H groups in total. The van der Waals surface area contributed by atoms with Crippen LogP contribution in [0.4, 0.5) is 0 Å². The molecule has 1 aliphatic carbocycles. The molecule has 2 unspecified atom stereocenters. The largest absolute Gasteiger partial charge is 0.0708 e. The van der Waals surface area contributed by atoms with Gasteiger partial charge in [-0.05, 0) is 37.5 Å². The van der Waals surface area contributed by atoms with Crippen LogP contribution in [0.3, 0.4) is 0 Å². The number of allylic oxidation sites excluding steroid dienone is 2. The summed E-state index contributed by atoms with van der Waals surface area (Å²) >= 11 is 0. The summed E-state index contributed by atoms with van der Waals surface area (Å²) in [5.41, 5.74) is 3.40. The number of hydrogen-bond acceptors (Lipinski definition) is 0. The van der Waals surface area contributed by atoms with Gasteiger partial charge in [-0.3, -0.25) is 0 Å². The second-order valence-electron chi connectivity index (χ2n) is 4.67. The first-order valence-corrected chi connectivity index (χ1v) is 5.24. The predicted molar refractivity (Wildman–Crippen MR) is 55.1 cm³/mol. The van der Waals surface area contributed by atoms with E-state index in [2.05, 4.69) is 34.6 Å². The average molecular weight is 166 g/mol. The number of hydrogen-bond donors (Lipinski definition) is 0. The van der Waals surface area contributed by atoms with Crippen LogP contribution >= 0.6 is 0 Å². The predicted octanol–water partition coefficient (Wildman–Crippen LogP) is 4.02. The van der Waals surface area contributed by atoms with Crippen molar-refractivity contribution in [1.29, 1.82) is 0 Å². The van der Waals surface area contributed by atoms with Gasteiger partial charge in [0.25, 0.3) is 0 Å². The van der Waals surface area contributed by atoms with Crippen molar-refractivity contribution >= 4 is 0 Å². The molecule has 0 aromatic carbocycles. The quantitative estimate of drug-likeness (QED) is 0.516. The van der Waals surface area contributed by atoms with E-state index in [0.717, 1.165) is 17.8 Å². The van der Waals surface area contributed by atoms with Crippen LogP contribution in [0.5, 0.6) is 0 Å². The Bertz CT molecular complexity index is 186. The summed E-state index contributed by atoms with van der Waals surface area (Å²) in [5, 5.41) is 0. The van der Waals surface area contributed by atoms with E-state index in [4.69, 9.17) is 0 Å². The molecule has 1 rings (SSSR count). The Morgan fingerprint density at radius 2 is 1.58 bits per heavy atom. The molecule has 0 amide bonds. The third-order valence-corrected chi connectivity index (χ3v) is 3.38. The van der Waals surface area contributed by atoms with Gasteiger partial charge in [0.2, 0.25) is 0 Å². The Labute approximate surface area is 77.1 Å². The molecule has 70 valence electrons. The summed E-state index contributed by atoms with van der Waals surface area (Å²) in [6.45, 7) is 11.7. The minimum Gasteiger partial charge on any atom is -0.0708 e. The minimum absolute atomic E-state index is 0.753. The lowest BCUT2D eigenvalue weighted by Gasteiger charge is -2.31. The van der Waals surface area contributed by atoms with Gasteiger partial charge in [0.05, 0.1) is 0 Å². The summed E-state index contributed by atoms with van der Waals surface area (Å²) in [7, 11) is 0. The van der Waals surface area contributed by atoms with E-state index < -0.39 is 0 Å². The fraction of sp³-hybridized carbons (Fsp3) is 0.833. The first kappa shape index (κ1) is 9.83. The van der Waals surface area contributed by atoms with Gasteiger partial charge in [0, 0.05) is 0 Å². The fourth-order valence-corrected chi connectivity index (χ4v) is 2.57. The van der Waals surface area contributed by atoms with Crippen LogP contribution in [-0.2, 0) is 0 Å². The van der Waals surface area contributed by atoms with E-state index in [9.17, 15) is 0 Å². The topological polar surface area (TPSA) is 0 Å². The second-order valence-corrected chi connectivity index (χ2v) is 4.67. The molecule has 0 nitrogen and oxygen atoms in total. The highest BCUT2D eigenvalue weighted by Gasteiger charge is 2.23. The Kier molecular flexibility index (Phi) is 2.98. The highest BCUT2D eigenvalue weighted by molar-refractivity contribution is 5.21. The van der Waals surface area contributed by atoms with Crippen molar-refractivity contribution in [2.24, 2.45) is 17.8 Å². The van der Waals surface area contributed by atoms with Crippen molar-refractivity contribution in [2.75, 3.05) is 0 Å². The van der Waals surface area contributed by atoms with E-state index in [1.54, 1.807) is 11.1 Å². The van der Waals surface area contributed by atoms with E-state index in [1.807, 2.05) is 0 Å². The van der Waals surface area contributed by atoms with Crippen LogP contribution in [0.15, 0.2) is 11.1 Å². The van der Waals surface area contributed by atoms with Gasteiger partial charge >= 0.3 is 0 Å². The highest BCUT2D eigenvalue weighted by Crippen LogP contribution is 2.37. The molecule has 1 aliphatic rings. The Balaban J connectivity index is 2.93. The van der Waals surface area contributed by atoms with Crippen molar-refractivity contribution in [3.05, 3.63) is 11.1 Å². The standard InChI is InChI=1S/C12H22/c1-8(2)12-10(4)7-6-9(3)11(12)5/h8-10H,6-7H2,1-5H3. The Hall–Kier alpha value is -0.260. The van der Waals surface area contributed by atoms with Gasteiger partial charge in [-0.15, -0.1) is 0 Å². The van der Waals surface area contributed by atoms with Crippen LogP contribution in [0.1, 0.15) is 47.5 Å². The molecule has 0 bridgehead atoms. The molecule has 0 aliphatic heterocycles. The first-order chi connectivity index (χ1) is 5.54. The van der Waals surface area contributed by atoms with Crippen molar-refractivity contribution in [3.63, 3.8) is 0 Å². The van der Waals surface area contributed by atoms with Crippen LogP contribution in [0, 0.1) is 17.8 Å². The molecule has 0 aromatic rings. The molecule has 0 saturated heterocycles. The monoisotopic (exact) mass is 166 g/mol. The average Bonchev–Trinajstić information content (AvgIpc) is 1.97. The molecule has 12 heavy (non-hydrogen) atoms. The van der Waals surface area contributed by atoms with Gasteiger partial charge in [0.15, 0.2) is 0 Å². The lowest BCUT2D eigenvalue weighted by molar-refractivity contribution is 0.422. The zero-order valence-corrected chi connectivity index (χ0v) is 9.15. The molecule has 0 heterocycles. The molecule has 0 aromatic heterocycles. The fourth-order valence-electron chi connectivity index (χ4n) is 2.57. The van der Waals surface area contributed by atoms with E-state index in [1.165, 1.54) is 12.8 Å². The lowest BCUT2D eigenvalue weighted by Crippen LogP contribution is -2.17. The Morgan fingerprint density at radius 1 is 1.08 bits per heavy atom. The summed E-state index contributed by atoms with van der Waals surface area (Å²) < 4.78 is 0. The van der Waals surface area contributed by atoms with Gasteiger partial charge in [-0.2, -0.15) is 0 Å². The van der Waals surface area contributed by atoms with Gasteiger partial charge in [-0.1, -0.05) is 38.8 Å². The molecule has 0 heteroatoms. The van der Waals surface area contributed by atoms with Crippen molar-refractivity contribution < 1.29 is 0 Å². The molecule has 0 fully saturated rings. The normalized spacial score (nSPS) is 31.5. The second kappa shape index (κ2) is 3.64. The van der Waals surface area contributed by atoms with E-state index >= 15 is 0 Å². The molecule has 0 saturated carbocycles. The molecule has 2 atom stereocenters. The summed E-state index contributed by atoms with van der Waals surface area (Å²) in [4.78, 5) is 0. The van der Waals surface area contributed by atoms with Crippen LogP contribution < -0.4 is 0 Å².